The number of hydrogen-bond acceptors (Lipinski definition) is 2. The van der Waals surface area contributed by atoms with Gasteiger partial charge in [-0.15, -0.1) is 0 Å². The van der Waals surface area contributed by atoms with Crippen molar-refractivity contribution in [2.75, 3.05) is 6.79 Å². The molecule has 2 heteroatoms. The van der Waals surface area contributed by atoms with Gasteiger partial charge in [0.2, 0.25) is 6.79 Å². The van der Waals surface area contributed by atoms with E-state index >= 15 is 0 Å². The van der Waals surface area contributed by atoms with Gasteiger partial charge >= 0.3 is 0 Å². The first-order valence-corrected chi connectivity index (χ1v) is 8.11. The van der Waals surface area contributed by atoms with Crippen molar-refractivity contribution in [3.05, 3.63) is 72.3 Å². The predicted octanol–water partition coefficient (Wildman–Crippen LogP) is 5.77. The molecule has 0 aliphatic rings. The molecule has 2 nitrogen and oxygen atoms in total. The minimum Gasteiger partial charge on any atom is -0.458 e. The number of rotatable bonds is 6. The highest BCUT2D eigenvalue weighted by Crippen LogP contribution is 2.25. The Morgan fingerprint density at radius 2 is 1.57 bits per heavy atom. The SMILES string of the molecule is CCC(C)c1ccc(OCOc2cccc3ccccc23)cc1. The summed E-state index contributed by atoms with van der Waals surface area (Å²) in [5, 5.41) is 2.27. The van der Waals surface area contributed by atoms with Gasteiger partial charge in [-0.3, -0.25) is 0 Å². The van der Waals surface area contributed by atoms with Crippen molar-refractivity contribution >= 4 is 10.8 Å². The van der Waals surface area contributed by atoms with Gasteiger partial charge in [0.05, 0.1) is 0 Å². The maximum Gasteiger partial charge on any atom is 0.230 e. The summed E-state index contributed by atoms with van der Waals surface area (Å²) in [4.78, 5) is 0. The van der Waals surface area contributed by atoms with Gasteiger partial charge in [-0.1, -0.05) is 62.4 Å². The van der Waals surface area contributed by atoms with Gasteiger partial charge in [-0.05, 0) is 41.5 Å². The minimum absolute atomic E-state index is 0.205. The first kappa shape index (κ1) is 15.4. The van der Waals surface area contributed by atoms with Gasteiger partial charge in [0.15, 0.2) is 0 Å². The van der Waals surface area contributed by atoms with Gasteiger partial charge in [0.25, 0.3) is 0 Å². The third-order valence-electron chi connectivity index (χ3n) is 4.25. The molecule has 0 saturated heterocycles. The molecule has 0 aliphatic heterocycles. The molecule has 3 rings (SSSR count). The summed E-state index contributed by atoms with van der Waals surface area (Å²) in [6.07, 6.45) is 1.14. The van der Waals surface area contributed by atoms with Crippen LogP contribution in [0.3, 0.4) is 0 Å². The van der Waals surface area contributed by atoms with E-state index in [0.717, 1.165) is 23.3 Å². The standard InChI is InChI=1S/C21H22O2/c1-3-16(2)17-11-13-19(14-12-17)22-15-23-21-10-6-8-18-7-4-5-9-20(18)21/h4-14,16H,3,15H2,1-2H3. The quantitative estimate of drug-likeness (QED) is 0.538. The number of benzene rings is 3. The lowest BCUT2D eigenvalue weighted by Gasteiger charge is -2.12. The van der Waals surface area contributed by atoms with Crippen molar-refractivity contribution in [3.63, 3.8) is 0 Å². The molecule has 0 aromatic heterocycles. The Labute approximate surface area is 137 Å². The van der Waals surface area contributed by atoms with E-state index in [2.05, 4.69) is 44.2 Å². The van der Waals surface area contributed by atoms with Crippen LogP contribution in [0.5, 0.6) is 11.5 Å². The number of ether oxygens (including phenoxy) is 2. The van der Waals surface area contributed by atoms with Crippen LogP contribution in [0.4, 0.5) is 0 Å². The summed E-state index contributed by atoms with van der Waals surface area (Å²) >= 11 is 0. The maximum absolute atomic E-state index is 5.80. The lowest BCUT2D eigenvalue weighted by molar-refractivity contribution is 0.121. The zero-order valence-electron chi connectivity index (χ0n) is 13.7. The zero-order chi connectivity index (χ0) is 16.1. The van der Waals surface area contributed by atoms with E-state index in [9.17, 15) is 0 Å². The van der Waals surface area contributed by atoms with Crippen LogP contribution < -0.4 is 9.47 Å². The van der Waals surface area contributed by atoms with Crippen LogP contribution in [0.15, 0.2) is 66.7 Å². The summed E-state index contributed by atoms with van der Waals surface area (Å²) in [6.45, 7) is 4.64. The fraction of sp³-hybridized carbons (Fsp3) is 0.238. The summed E-state index contributed by atoms with van der Waals surface area (Å²) < 4.78 is 11.5. The molecule has 0 saturated carbocycles. The largest absolute Gasteiger partial charge is 0.458 e. The van der Waals surface area contributed by atoms with Crippen molar-refractivity contribution < 1.29 is 9.47 Å². The van der Waals surface area contributed by atoms with E-state index < -0.39 is 0 Å². The maximum atomic E-state index is 5.80. The van der Waals surface area contributed by atoms with Crippen LogP contribution in [0, 0.1) is 0 Å². The summed E-state index contributed by atoms with van der Waals surface area (Å²) in [5.74, 6) is 2.26. The number of fused-ring (bicyclic) bond motifs is 1. The second kappa shape index (κ2) is 7.19. The molecule has 118 valence electrons. The molecule has 0 aliphatic carbocycles. The van der Waals surface area contributed by atoms with Crippen molar-refractivity contribution in [1.29, 1.82) is 0 Å². The Morgan fingerprint density at radius 1 is 0.826 bits per heavy atom. The molecule has 0 heterocycles. The Balaban J connectivity index is 1.62. The zero-order valence-corrected chi connectivity index (χ0v) is 13.7. The molecule has 3 aromatic carbocycles. The second-order valence-electron chi connectivity index (χ2n) is 5.76. The van der Waals surface area contributed by atoms with Crippen molar-refractivity contribution in [2.24, 2.45) is 0 Å². The molecule has 23 heavy (non-hydrogen) atoms. The Kier molecular flexibility index (Phi) is 4.82. The van der Waals surface area contributed by atoms with Crippen LogP contribution in [0.2, 0.25) is 0 Å². The van der Waals surface area contributed by atoms with Crippen LogP contribution in [0.25, 0.3) is 10.8 Å². The average Bonchev–Trinajstić information content (AvgIpc) is 2.62. The number of hydrogen-bond donors (Lipinski definition) is 0. The Bertz CT molecular complexity index is 757. The minimum atomic E-state index is 0.205. The topological polar surface area (TPSA) is 18.5 Å². The van der Waals surface area contributed by atoms with E-state index in [1.165, 1.54) is 10.9 Å². The molecule has 0 radical (unpaired) electrons. The van der Waals surface area contributed by atoms with Crippen molar-refractivity contribution in [3.8, 4) is 11.5 Å². The third kappa shape index (κ3) is 3.65. The molecule has 1 unspecified atom stereocenters. The van der Waals surface area contributed by atoms with Crippen LogP contribution in [-0.2, 0) is 0 Å². The first-order valence-electron chi connectivity index (χ1n) is 8.11. The highest BCUT2D eigenvalue weighted by atomic mass is 16.7. The fourth-order valence-electron chi connectivity index (χ4n) is 2.61. The van der Waals surface area contributed by atoms with Gasteiger partial charge < -0.3 is 9.47 Å². The van der Waals surface area contributed by atoms with Crippen molar-refractivity contribution in [2.45, 2.75) is 26.2 Å². The van der Waals surface area contributed by atoms with Crippen molar-refractivity contribution in [1.82, 2.24) is 0 Å². The van der Waals surface area contributed by atoms with Gasteiger partial charge in [0.1, 0.15) is 11.5 Å². The summed E-state index contributed by atoms with van der Waals surface area (Å²) in [6, 6.07) is 22.5. The third-order valence-corrected chi connectivity index (χ3v) is 4.25. The average molecular weight is 306 g/mol. The van der Waals surface area contributed by atoms with Gasteiger partial charge in [-0.25, -0.2) is 0 Å². The molecule has 0 amide bonds. The lowest BCUT2D eigenvalue weighted by atomic mass is 9.99. The van der Waals surface area contributed by atoms with Crippen LogP contribution in [0.1, 0.15) is 31.7 Å². The van der Waals surface area contributed by atoms with Crippen LogP contribution in [-0.4, -0.2) is 6.79 Å². The monoisotopic (exact) mass is 306 g/mol. The summed E-state index contributed by atoms with van der Waals surface area (Å²) in [7, 11) is 0. The van der Waals surface area contributed by atoms with E-state index in [-0.39, 0.29) is 6.79 Å². The first-order chi connectivity index (χ1) is 11.3. The Morgan fingerprint density at radius 3 is 2.35 bits per heavy atom. The van der Waals surface area contributed by atoms with E-state index in [4.69, 9.17) is 9.47 Å². The molecule has 0 bridgehead atoms. The Hall–Kier alpha value is -2.48. The highest BCUT2D eigenvalue weighted by Gasteiger charge is 2.04. The predicted molar refractivity (Wildman–Crippen MR) is 95.2 cm³/mol. The molecule has 0 N–H and O–H groups in total. The molecule has 3 aromatic rings. The van der Waals surface area contributed by atoms with Gasteiger partial charge in [-0.2, -0.15) is 0 Å². The van der Waals surface area contributed by atoms with Gasteiger partial charge in [0, 0.05) is 5.39 Å². The van der Waals surface area contributed by atoms with E-state index in [1.54, 1.807) is 0 Å². The molecular weight excluding hydrogens is 284 g/mol. The van der Waals surface area contributed by atoms with Crippen LogP contribution >= 0.6 is 0 Å². The molecule has 0 fully saturated rings. The lowest BCUT2D eigenvalue weighted by Crippen LogP contribution is -2.06. The second-order valence-corrected chi connectivity index (χ2v) is 5.76. The summed E-state index contributed by atoms with van der Waals surface area (Å²) in [5.41, 5.74) is 1.34. The molecule has 0 spiro atoms. The van der Waals surface area contributed by atoms with E-state index in [0.29, 0.717) is 5.92 Å². The highest BCUT2D eigenvalue weighted by molar-refractivity contribution is 5.88. The normalized spacial score (nSPS) is 12.1. The van der Waals surface area contributed by atoms with E-state index in [1.807, 2.05) is 36.4 Å². The smallest absolute Gasteiger partial charge is 0.230 e. The fourth-order valence-corrected chi connectivity index (χ4v) is 2.61. The molecule has 1 atom stereocenters. The molecular formula is C21H22O2.